The number of carbonyl (C=O) groups is 2. The van der Waals surface area contributed by atoms with Gasteiger partial charge in [-0.05, 0) is 25.0 Å². The fraction of sp³-hybridized carbons (Fsp3) is 0.400. The number of carboxylic acid groups (broad SMARTS) is 1. The van der Waals surface area contributed by atoms with Crippen LogP contribution >= 0.6 is 0 Å². The Kier molecular flexibility index (Phi) is 3.60. The molecule has 1 aromatic carbocycles. The van der Waals surface area contributed by atoms with Crippen molar-refractivity contribution in [3.8, 4) is 0 Å². The second kappa shape index (κ2) is 5.55. The molecule has 1 amide bonds. The molecule has 6 heteroatoms. The molecular weight excluding hydrogens is 270 g/mol. The van der Waals surface area contributed by atoms with Crippen LogP contribution in [0.15, 0.2) is 24.3 Å². The van der Waals surface area contributed by atoms with E-state index in [4.69, 9.17) is 5.11 Å². The number of likely N-dealkylation sites (tertiary alicyclic amines) is 1. The lowest BCUT2D eigenvalue weighted by atomic mass is 10.2. The summed E-state index contributed by atoms with van der Waals surface area (Å²) in [5, 5.41) is 9.10. The van der Waals surface area contributed by atoms with E-state index in [1.165, 1.54) is 4.90 Å². The van der Waals surface area contributed by atoms with E-state index in [2.05, 4.69) is 9.97 Å². The molecule has 2 heterocycles. The number of aromatic nitrogens is 2. The third kappa shape index (κ3) is 2.74. The van der Waals surface area contributed by atoms with Gasteiger partial charge in [-0.2, -0.15) is 0 Å². The molecule has 0 spiro atoms. The zero-order chi connectivity index (χ0) is 14.8. The third-order valence-corrected chi connectivity index (χ3v) is 3.87. The van der Waals surface area contributed by atoms with Crippen molar-refractivity contribution in [3.63, 3.8) is 0 Å². The lowest BCUT2D eigenvalue weighted by Gasteiger charge is -2.21. The molecule has 1 aromatic heterocycles. The molecule has 2 aromatic rings. The van der Waals surface area contributed by atoms with Crippen molar-refractivity contribution in [2.24, 2.45) is 0 Å². The van der Waals surface area contributed by atoms with Gasteiger partial charge in [0.1, 0.15) is 11.9 Å². The van der Waals surface area contributed by atoms with Crippen LogP contribution in [0.3, 0.4) is 0 Å². The van der Waals surface area contributed by atoms with Crippen molar-refractivity contribution in [2.75, 3.05) is 6.54 Å². The van der Waals surface area contributed by atoms with Crippen LogP contribution in [0.5, 0.6) is 0 Å². The molecule has 1 aliphatic rings. The molecule has 1 atom stereocenters. The number of nitrogens with zero attached hydrogens (tertiary/aromatic N) is 2. The molecule has 1 fully saturated rings. The monoisotopic (exact) mass is 287 g/mol. The summed E-state index contributed by atoms with van der Waals surface area (Å²) in [6.07, 6.45) is 2.08. The van der Waals surface area contributed by atoms with Gasteiger partial charge in [0, 0.05) is 19.4 Å². The molecule has 0 saturated carbocycles. The fourth-order valence-corrected chi connectivity index (χ4v) is 2.81. The number of carbonyl (C=O) groups excluding carboxylic acids is 1. The van der Waals surface area contributed by atoms with E-state index >= 15 is 0 Å². The molecular formula is C15H17N3O3. The summed E-state index contributed by atoms with van der Waals surface area (Å²) in [6.45, 7) is 0.538. The first-order chi connectivity index (χ1) is 10.1. The van der Waals surface area contributed by atoms with Crippen molar-refractivity contribution in [1.29, 1.82) is 0 Å². The molecule has 1 unspecified atom stereocenters. The average Bonchev–Trinajstić information content (AvgIpc) is 3.10. The molecule has 110 valence electrons. The van der Waals surface area contributed by atoms with Gasteiger partial charge in [-0.15, -0.1) is 0 Å². The Morgan fingerprint density at radius 2 is 2.19 bits per heavy atom. The SMILES string of the molecule is O=C(O)C1CCCN1C(=O)CCc1nc2ccccc2[nH]1. The van der Waals surface area contributed by atoms with E-state index in [9.17, 15) is 9.59 Å². The van der Waals surface area contributed by atoms with Crippen LogP contribution < -0.4 is 0 Å². The summed E-state index contributed by atoms with van der Waals surface area (Å²) in [5.74, 6) is -0.263. The summed E-state index contributed by atoms with van der Waals surface area (Å²) < 4.78 is 0. The highest BCUT2D eigenvalue weighted by Crippen LogP contribution is 2.19. The fourth-order valence-electron chi connectivity index (χ4n) is 2.81. The number of nitrogens with one attached hydrogen (secondary N) is 1. The summed E-state index contributed by atoms with van der Waals surface area (Å²) in [6, 6.07) is 7.04. The van der Waals surface area contributed by atoms with Crippen molar-refractivity contribution < 1.29 is 14.7 Å². The van der Waals surface area contributed by atoms with Crippen LogP contribution in [0, 0.1) is 0 Å². The van der Waals surface area contributed by atoms with E-state index < -0.39 is 12.0 Å². The van der Waals surface area contributed by atoms with Gasteiger partial charge in [-0.1, -0.05) is 12.1 Å². The van der Waals surface area contributed by atoms with Crippen molar-refractivity contribution in [1.82, 2.24) is 14.9 Å². The van der Waals surface area contributed by atoms with E-state index in [0.717, 1.165) is 23.3 Å². The van der Waals surface area contributed by atoms with Gasteiger partial charge in [0.2, 0.25) is 5.91 Å². The van der Waals surface area contributed by atoms with Crippen LogP contribution in [-0.4, -0.2) is 44.4 Å². The highest BCUT2D eigenvalue weighted by molar-refractivity contribution is 5.84. The highest BCUT2D eigenvalue weighted by atomic mass is 16.4. The largest absolute Gasteiger partial charge is 0.480 e. The Hall–Kier alpha value is -2.37. The Morgan fingerprint density at radius 1 is 1.38 bits per heavy atom. The number of fused-ring (bicyclic) bond motifs is 1. The number of rotatable bonds is 4. The predicted molar refractivity (Wildman–Crippen MR) is 76.8 cm³/mol. The number of aryl methyl sites for hydroxylation is 1. The molecule has 2 N–H and O–H groups in total. The summed E-state index contributed by atoms with van der Waals surface area (Å²) in [5.41, 5.74) is 1.83. The Balaban J connectivity index is 1.64. The number of imidazole rings is 1. The van der Waals surface area contributed by atoms with E-state index in [1.807, 2.05) is 24.3 Å². The molecule has 0 bridgehead atoms. The minimum Gasteiger partial charge on any atom is -0.480 e. The molecule has 0 radical (unpaired) electrons. The highest BCUT2D eigenvalue weighted by Gasteiger charge is 2.33. The first-order valence-electron chi connectivity index (χ1n) is 7.11. The molecule has 1 aliphatic heterocycles. The summed E-state index contributed by atoms with van der Waals surface area (Å²) >= 11 is 0. The number of aromatic amines is 1. The quantitative estimate of drug-likeness (QED) is 0.893. The van der Waals surface area contributed by atoms with E-state index in [1.54, 1.807) is 0 Å². The zero-order valence-corrected chi connectivity index (χ0v) is 11.6. The molecule has 0 aliphatic carbocycles. The number of hydrogen-bond acceptors (Lipinski definition) is 3. The van der Waals surface area contributed by atoms with Gasteiger partial charge in [0.15, 0.2) is 0 Å². The second-order valence-corrected chi connectivity index (χ2v) is 5.28. The minimum atomic E-state index is -0.912. The molecule has 3 rings (SSSR count). The Labute approximate surface area is 121 Å². The zero-order valence-electron chi connectivity index (χ0n) is 11.6. The van der Waals surface area contributed by atoms with Crippen LogP contribution in [-0.2, 0) is 16.0 Å². The maximum atomic E-state index is 12.2. The number of para-hydroxylation sites is 2. The van der Waals surface area contributed by atoms with Crippen molar-refractivity contribution in [3.05, 3.63) is 30.1 Å². The van der Waals surface area contributed by atoms with Crippen LogP contribution in [0.25, 0.3) is 11.0 Å². The van der Waals surface area contributed by atoms with Crippen LogP contribution in [0.1, 0.15) is 25.1 Å². The summed E-state index contributed by atoms with van der Waals surface area (Å²) in [7, 11) is 0. The smallest absolute Gasteiger partial charge is 0.326 e. The Bertz CT molecular complexity index is 647. The lowest BCUT2D eigenvalue weighted by Crippen LogP contribution is -2.40. The van der Waals surface area contributed by atoms with Crippen molar-refractivity contribution >= 4 is 22.9 Å². The van der Waals surface area contributed by atoms with Crippen LogP contribution in [0.4, 0.5) is 0 Å². The topological polar surface area (TPSA) is 86.3 Å². The van der Waals surface area contributed by atoms with Gasteiger partial charge in [-0.3, -0.25) is 4.79 Å². The van der Waals surface area contributed by atoms with Gasteiger partial charge < -0.3 is 15.0 Å². The van der Waals surface area contributed by atoms with Crippen molar-refractivity contribution in [2.45, 2.75) is 31.7 Å². The van der Waals surface area contributed by atoms with Crippen LogP contribution in [0.2, 0.25) is 0 Å². The van der Waals surface area contributed by atoms with Gasteiger partial charge in [0.05, 0.1) is 11.0 Å². The third-order valence-electron chi connectivity index (χ3n) is 3.87. The van der Waals surface area contributed by atoms with Gasteiger partial charge >= 0.3 is 5.97 Å². The van der Waals surface area contributed by atoms with Gasteiger partial charge in [-0.25, -0.2) is 9.78 Å². The molecule has 21 heavy (non-hydrogen) atoms. The molecule has 1 saturated heterocycles. The first kappa shape index (κ1) is 13.6. The first-order valence-corrected chi connectivity index (χ1v) is 7.11. The number of carboxylic acids is 1. The molecule has 6 nitrogen and oxygen atoms in total. The minimum absolute atomic E-state index is 0.111. The van der Waals surface area contributed by atoms with E-state index in [0.29, 0.717) is 19.4 Å². The van der Waals surface area contributed by atoms with E-state index in [-0.39, 0.29) is 12.3 Å². The normalized spacial score (nSPS) is 18.3. The summed E-state index contributed by atoms with van der Waals surface area (Å²) in [4.78, 5) is 32.3. The maximum absolute atomic E-state index is 12.2. The standard InChI is InChI=1S/C15H17N3O3/c19-14(18-9-3-6-12(18)15(20)21)8-7-13-16-10-4-1-2-5-11(10)17-13/h1-2,4-5,12H,3,6-9H2,(H,16,17)(H,20,21). The Morgan fingerprint density at radius 3 is 2.95 bits per heavy atom. The number of aliphatic carboxylic acids is 1. The van der Waals surface area contributed by atoms with Gasteiger partial charge in [0.25, 0.3) is 0 Å². The lowest BCUT2D eigenvalue weighted by molar-refractivity contribution is -0.148. The number of H-pyrrole nitrogens is 1. The maximum Gasteiger partial charge on any atom is 0.326 e. The average molecular weight is 287 g/mol. The predicted octanol–water partition coefficient (Wildman–Crippen LogP) is 1.57. The number of hydrogen-bond donors (Lipinski definition) is 2. The second-order valence-electron chi connectivity index (χ2n) is 5.28. The number of benzene rings is 1. The number of amides is 1.